The molecule has 3 aromatic rings. The zero-order valence-corrected chi connectivity index (χ0v) is 22.9. The first kappa shape index (κ1) is 26.9. The number of carbonyl (C=O) groups excluding carboxylic acids is 2. The van der Waals surface area contributed by atoms with Gasteiger partial charge >= 0.3 is 6.03 Å². The van der Waals surface area contributed by atoms with E-state index in [4.69, 9.17) is 23.1 Å². The molecule has 2 saturated heterocycles. The molecular formula is C25H29ClN10O2S. The van der Waals surface area contributed by atoms with Crippen molar-refractivity contribution in [1.29, 1.82) is 0 Å². The van der Waals surface area contributed by atoms with Crippen LogP contribution in [-0.4, -0.2) is 57.3 Å². The molecule has 39 heavy (non-hydrogen) atoms. The number of anilines is 4. The summed E-state index contributed by atoms with van der Waals surface area (Å²) in [6.07, 6.45) is 3.72. The molecule has 0 aliphatic carbocycles. The van der Waals surface area contributed by atoms with Crippen molar-refractivity contribution in [3.8, 4) is 0 Å². The number of nitrogens with zero attached hydrogens (tertiary/aromatic N) is 6. The lowest BCUT2D eigenvalue weighted by atomic mass is 9.91. The SMILES string of the molecule is CC1(N)CCN(c2cnc(Sc3cccc(NCc4ccc(N5CCC(=O)NC5=O)nn4)c3Cl)c(N)n2)CC1. The topological polar surface area (TPSA) is 168 Å². The van der Waals surface area contributed by atoms with Crippen LogP contribution >= 0.6 is 23.4 Å². The standard InChI is InChI=1S/C25H29ClN10O2S/c1-25(28)8-11-35(12-9-25)19-14-30-23(22(27)31-19)39-17-4-2-3-16(21(17)26)29-13-15-5-6-18(34-33-15)36-10-7-20(37)32-24(36)38/h2-6,14,29H,7-13,28H2,1H3,(H2,27,31)(H,32,37,38). The van der Waals surface area contributed by atoms with E-state index in [1.807, 2.05) is 18.2 Å². The van der Waals surface area contributed by atoms with Crippen LogP contribution < -0.4 is 31.9 Å². The molecule has 0 spiro atoms. The number of nitrogens with one attached hydrogen (secondary N) is 2. The molecule has 0 unspecified atom stereocenters. The lowest BCUT2D eigenvalue weighted by molar-refractivity contribution is -0.120. The van der Waals surface area contributed by atoms with Crippen molar-refractivity contribution in [1.82, 2.24) is 25.5 Å². The van der Waals surface area contributed by atoms with E-state index >= 15 is 0 Å². The highest BCUT2D eigenvalue weighted by atomic mass is 35.5. The fourth-order valence-electron chi connectivity index (χ4n) is 4.25. The first-order valence-corrected chi connectivity index (χ1v) is 13.7. The van der Waals surface area contributed by atoms with Gasteiger partial charge in [-0.2, -0.15) is 5.10 Å². The number of carbonyl (C=O) groups is 2. The van der Waals surface area contributed by atoms with Gasteiger partial charge in [-0.1, -0.05) is 29.4 Å². The molecule has 12 nitrogen and oxygen atoms in total. The van der Waals surface area contributed by atoms with E-state index in [9.17, 15) is 9.59 Å². The van der Waals surface area contributed by atoms with Crippen molar-refractivity contribution in [2.45, 2.75) is 48.2 Å². The van der Waals surface area contributed by atoms with Gasteiger partial charge in [0.05, 0.1) is 29.1 Å². The minimum atomic E-state index is -0.502. The van der Waals surface area contributed by atoms with Gasteiger partial charge in [-0.25, -0.2) is 14.8 Å². The average Bonchev–Trinajstić information content (AvgIpc) is 2.91. The second kappa shape index (κ2) is 11.2. The van der Waals surface area contributed by atoms with Crippen molar-refractivity contribution < 1.29 is 9.59 Å². The van der Waals surface area contributed by atoms with Crippen LogP contribution in [0.1, 0.15) is 31.9 Å². The van der Waals surface area contributed by atoms with Gasteiger partial charge in [0.15, 0.2) is 11.6 Å². The maximum absolute atomic E-state index is 12.0. The number of nitrogen functional groups attached to an aromatic ring is 1. The molecule has 6 N–H and O–H groups in total. The van der Waals surface area contributed by atoms with Gasteiger partial charge in [-0.05, 0) is 44.0 Å². The second-order valence-electron chi connectivity index (χ2n) is 9.77. The van der Waals surface area contributed by atoms with Crippen LogP contribution in [0.15, 0.2) is 46.5 Å². The molecule has 0 atom stereocenters. The van der Waals surface area contributed by atoms with Gasteiger partial charge < -0.3 is 21.7 Å². The fourth-order valence-corrected chi connectivity index (χ4v) is 5.37. The minimum Gasteiger partial charge on any atom is -0.381 e. The molecule has 0 bridgehead atoms. The number of hydrogen-bond donors (Lipinski definition) is 4. The Labute approximate surface area is 234 Å². The summed E-state index contributed by atoms with van der Waals surface area (Å²) < 4.78 is 0. The largest absolute Gasteiger partial charge is 0.381 e. The second-order valence-corrected chi connectivity index (χ2v) is 11.2. The zero-order valence-electron chi connectivity index (χ0n) is 21.4. The predicted octanol–water partition coefficient (Wildman–Crippen LogP) is 3.03. The Kier molecular flexibility index (Phi) is 7.73. The van der Waals surface area contributed by atoms with Crippen LogP contribution in [0.5, 0.6) is 0 Å². The summed E-state index contributed by atoms with van der Waals surface area (Å²) in [6, 6.07) is 8.60. The van der Waals surface area contributed by atoms with Crippen LogP contribution in [0.25, 0.3) is 0 Å². The molecule has 0 saturated carbocycles. The molecule has 14 heteroatoms. The Hall–Kier alpha value is -3.68. The summed E-state index contributed by atoms with van der Waals surface area (Å²) in [5.74, 6) is 1.17. The Morgan fingerprint density at radius 1 is 1.13 bits per heavy atom. The summed E-state index contributed by atoms with van der Waals surface area (Å²) in [5, 5.41) is 15.0. The number of imide groups is 1. The summed E-state index contributed by atoms with van der Waals surface area (Å²) in [6.45, 7) is 4.33. The van der Waals surface area contributed by atoms with Crippen molar-refractivity contribution >= 4 is 58.4 Å². The van der Waals surface area contributed by atoms with E-state index in [2.05, 4.69) is 42.6 Å². The molecule has 204 valence electrons. The Morgan fingerprint density at radius 2 is 1.92 bits per heavy atom. The summed E-state index contributed by atoms with van der Waals surface area (Å²) >= 11 is 8.05. The van der Waals surface area contributed by atoms with E-state index in [0.717, 1.165) is 36.6 Å². The predicted molar refractivity (Wildman–Crippen MR) is 151 cm³/mol. The highest BCUT2D eigenvalue weighted by Crippen LogP contribution is 2.38. The number of urea groups is 1. The summed E-state index contributed by atoms with van der Waals surface area (Å²) in [5.41, 5.74) is 13.7. The summed E-state index contributed by atoms with van der Waals surface area (Å²) in [4.78, 5) is 36.8. The van der Waals surface area contributed by atoms with E-state index in [1.54, 1.807) is 18.3 Å². The van der Waals surface area contributed by atoms with Gasteiger partial charge in [-0.3, -0.25) is 15.0 Å². The quantitative estimate of drug-likeness (QED) is 0.330. The summed E-state index contributed by atoms with van der Waals surface area (Å²) in [7, 11) is 0. The van der Waals surface area contributed by atoms with E-state index < -0.39 is 6.03 Å². The molecule has 0 radical (unpaired) electrons. The molecule has 1 aromatic carbocycles. The zero-order chi connectivity index (χ0) is 27.6. The first-order valence-electron chi connectivity index (χ1n) is 12.5. The number of amides is 3. The molecule has 2 fully saturated rings. The molecule has 4 heterocycles. The van der Waals surface area contributed by atoms with E-state index in [1.165, 1.54) is 16.7 Å². The number of piperidine rings is 1. The Balaban J connectivity index is 1.21. The third-order valence-electron chi connectivity index (χ3n) is 6.65. The maximum atomic E-state index is 12.0. The van der Waals surface area contributed by atoms with Gasteiger partial charge in [0, 0.05) is 36.5 Å². The van der Waals surface area contributed by atoms with E-state index in [-0.39, 0.29) is 24.4 Å². The van der Waals surface area contributed by atoms with Gasteiger partial charge in [0.1, 0.15) is 10.8 Å². The van der Waals surface area contributed by atoms with Crippen LogP contribution in [0.3, 0.4) is 0 Å². The molecule has 2 aliphatic heterocycles. The number of halogens is 1. The van der Waals surface area contributed by atoms with Crippen molar-refractivity contribution in [2.24, 2.45) is 5.73 Å². The fraction of sp³-hybridized carbons (Fsp3) is 0.360. The van der Waals surface area contributed by atoms with E-state index in [0.29, 0.717) is 39.6 Å². The molecule has 2 aromatic heterocycles. The van der Waals surface area contributed by atoms with Crippen LogP contribution in [-0.2, 0) is 11.3 Å². The average molecular weight is 569 g/mol. The van der Waals surface area contributed by atoms with Crippen molar-refractivity contribution in [2.75, 3.05) is 40.5 Å². The normalized spacial score (nSPS) is 17.2. The minimum absolute atomic E-state index is 0.148. The van der Waals surface area contributed by atoms with Crippen molar-refractivity contribution in [3.05, 3.63) is 47.2 Å². The van der Waals surface area contributed by atoms with Crippen LogP contribution in [0.4, 0.5) is 27.9 Å². The number of rotatable bonds is 7. The Morgan fingerprint density at radius 3 is 2.62 bits per heavy atom. The van der Waals surface area contributed by atoms with Crippen LogP contribution in [0, 0.1) is 0 Å². The lowest BCUT2D eigenvalue weighted by Gasteiger charge is -2.37. The molecule has 5 rings (SSSR count). The van der Waals surface area contributed by atoms with Gasteiger partial charge in [0.25, 0.3) is 0 Å². The highest BCUT2D eigenvalue weighted by Gasteiger charge is 2.27. The highest BCUT2D eigenvalue weighted by molar-refractivity contribution is 7.99. The molecule has 3 amide bonds. The third-order valence-corrected chi connectivity index (χ3v) is 8.23. The maximum Gasteiger partial charge on any atom is 0.329 e. The van der Waals surface area contributed by atoms with Crippen molar-refractivity contribution in [3.63, 3.8) is 0 Å². The Bertz CT molecular complexity index is 1380. The molecular weight excluding hydrogens is 540 g/mol. The number of aromatic nitrogens is 4. The van der Waals surface area contributed by atoms with Gasteiger partial charge in [-0.15, -0.1) is 5.10 Å². The number of nitrogens with two attached hydrogens (primary N) is 2. The third kappa shape index (κ3) is 6.32. The lowest BCUT2D eigenvalue weighted by Crippen LogP contribution is -2.50. The number of hydrogen-bond acceptors (Lipinski definition) is 11. The van der Waals surface area contributed by atoms with Gasteiger partial charge in [0.2, 0.25) is 5.91 Å². The van der Waals surface area contributed by atoms with Crippen LogP contribution in [0.2, 0.25) is 5.02 Å². The monoisotopic (exact) mass is 568 g/mol. The smallest absolute Gasteiger partial charge is 0.329 e. The molecule has 2 aliphatic rings. The first-order chi connectivity index (χ1) is 18.7. The number of benzene rings is 1.